The number of hydrogen-bond acceptors (Lipinski definition) is 4. The molecule has 0 aliphatic carbocycles. The zero-order valence-corrected chi connectivity index (χ0v) is 13.8. The van der Waals surface area contributed by atoms with Gasteiger partial charge in [0.05, 0.1) is 6.34 Å². The summed E-state index contributed by atoms with van der Waals surface area (Å²) >= 11 is 0. The lowest BCUT2D eigenvalue weighted by Gasteiger charge is -2.18. The molecule has 5 heteroatoms. The summed E-state index contributed by atoms with van der Waals surface area (Å²) in [4.78, 5) is 15.7. The van der Waals surface area contributed by atoms with Crippen LogP contribution < -0.4 is 11.1 Å². The maximum atomic E-state index is 11.5. The molecule has 0 atom stereocenters. The van der Waals surface area contributed by atoms with E-state index in [-0.39, 0.29) is 0 Å². The second-order valence-electron chi connectivity index (χ2n) is 6.29. The molecule has 0 spiro atoms. The maximum Gasteiger partial charge on any atom is 0.412 e. The van der Waals surface area contributed by atoms with Crippen molar-refractivity contribution in [2.24, 2.45) is 4.99 Å². The lowest BCUT2D eigenvalue weighted by molar-refractivity contribution is 0.0565. The maximum absolute atomic E-state index is 11.5. The van der Waals surface area contributed by atoms with Gasteiger partial charge in [0, 0.05) is 17.6 Å². The summed E-state index contributed by atoms with van der Waals surface area (Å²) in [6.45, 7) is 6.02. The highest BCUT2D eigenvalue weighted by Crippen LogP contribution is 2.24. The molecule has 0 heterocycles. The van der Waals surface area contributed by atoms with Crippen molar-refractivity contribution >= 4 is 28.9 Å². The molecular weight excluding hydrogens is 290 g/mol. The number of rotatable bonds is 4. The highest BCUT2D eigenvalue weighted by Gasteiger charge is 2.14. The third kappa shape index (κ3) is 4.98. The van der Waals surface area contributed by atoms with Gasteiger partial charge in [-0.2, -0.15) is 0 Å². The summed E-state index contributed by atoms with van der Waals surface area (Å²) in [6, 6.07) is 12.0. The van der Waals surface area contributed by atoms with Crippen molar-refractivity contribution in [3.05, 3.63) is 42.0 Å². The minimum Gasteiger partial charge on any atom is -0.444 e. The average Bonchev–Trinajstić information content (AvgIpc) is 2.46. The Bertz CT molecular complexity index is 718. The topological polar surface area (TPSA) is 76.7 Å². The fourth-order valence-corrected chi connectivity index (χ4v) is 2.27. The molecular formula is C18H23N3O2. The van der Waals surface area contributed by atoms with Crippen LogP contribution in [-0.2, 0) is 11.2 Å². The van der Waals surface area contributed by atoms with E-state index in [9.17, 15) is 4.79 Å². The van der Waals surface area contributed by atoms with Gasteiger partial charge in [0.1, 0.15) is 5.60 Å². The van der Waals surface area contributed by atoms with Crippen LogP contribution in [0.4, 0.5) is 10.5 Å². The van der Waals surface area contributed by atoms with Gasteiger partial charge in [0.15, 0.2) is 0 Å². The summed E-state index contributed by atoms with van der Waals surface area (Å²) in [6.07, 6.45) is 1.65. The molecule has 2 rings (SSSR count). The Hall–Kier alpha value is -2.56. The Morgan fingerprint density at radius 1 is 1.22 bits per heavy atom. The normalized spacial score (nSPS) is 11.8. The van der Waals surface area contributed by atoms with E-state index in [1.807, 2.05) is 45.0 Å². The quantitative estimate of drug-likeness (QED) is 0.515. The molecule has 0 bridgehead atoms. The number of nitrogens with zero attached hydrogens (tertiary/aromatic N) is 1. The number of nitrogen functional groups attached to an aromatic ring is 1. The van der Waals surface area contributed by atoms with E-state index in [0.29, 0.717) is 6.54 Å². The van der Waals surface area contributed by atoms with Crippen LogP contribution in [0.5, 0.6) is 0 Å². The van der Waals surface area contributed by atoms with Crippen molar-refractivity contribution in [3.63, 3.8) is 0 Å². The number of alkyl carbamates (subject to hydrolysis) is 1. The van der Waals surface area contributed by atoms with Crippen LogP contribution in [0, 0.1) is 0 Å². The summed E-state index contributed by atoms with van der Waals surface area (Å²) in [5, 5.41) is 4.70. The van der Waals surface area contributed by atoms with Gasteiger partial charge in [0.2, 0.25) is 0 Å². The number of hydrogen-bond donors (Lipinski definition) is 2. The van der Waals surface area contributed by atoms with Crippen molar-refractivity contribution in [1.29, 1.82) is 0 Å². The largest absolute Gasteiger partial charge is 0.444 e. The second-order valence-corrected chi connectivity index (χ2v) is 6.29. The van der Waals surface area contributed by atoms with Gasteiger partial charge in [-0.25, -0.2) is 4.79 Å². The fraction of sp³-hybridized carbons (Fsp3) is 0.333. The smallest absolute Gasteiger partial charge is 0.412 e. The summed E-state index contributed by atoms with van der Waals surface area (Å²) in [5.74, 6) is 0. The Balaban J connectivity index is 1.91. The fourth-order valence-electron chi connectivity index (χ4n) is 2.27. The van der Waals surface area contributed by atoms with Crippen LogP contribution in [0.2, 0.25) is 0 Å². The molecule has 5 nitrogen and oxygen atoms in total. The van der Waals surface area contributed by atoms with E-state index in [1.165, 1.54) is 11.9 Å². The number of benzene rings is 2. The van der Waals surface area contributed by atoms with Crippen LogP contribution in [-0.4, -0.2) is 24.6 Å². The number of amides is 1. The molecule has 0 saturated carbocycles. The molecule has 23 heavy (non-hydrogen) atoms. The van der Waals surface area contributed by atoms with Crippen molar-refractivity contribution in [2.75, 3.05) is 12.3 Å². The Kier molecular flexibility index (Phi) is 5.21. The van der Waals surface area contributed by atoms with E-state index in [2.05, 4.69) is 22.4 Å². The van der Waals surface area contributed by atoms with Gasteiger partial charge < -0.3 is 10.5 Å². The number of anilines is 1. The van der Waals surface area contributed by atoms with Gasteiger partial charge in [-0.15, -0.1) is 0 Å². The monoisotopic (exact) mass is 313 g/mol. The van der Waals surface area contributed by atoms with Crippen LogP contribution in [0.15, 0.2) is 41.4 Å². The Morgan fingerprint density at radius 3 is 2.65 bits per heavy atom. The number of aliphatic imine (C=N–C) groups is 1. The first-order valence-corrected chi connectivity index (χ1v) is 7.61. The average molecular weight is 313 g/mol. The van der Waals surface area contributed by atoms with E-state index >= 15 is 0 Å². The number of carbonyl (C=O) groups is 1. The third-order valence-corrected chi connectivity index (χ3v) is 3.23. The first-order valence-electron chi connectivity index (χ1n) is 7.61. The second kappa shape index (κ2) is 7.13. The molecule has 0 unspecified atom stereocenters. The van der Waals surface area contributed by atoms with Crippen LogP contribution in [0.3, 0.4) is 0 Å². The molecule has 122 valence electrons. The summed E-state index contributed by atoms with van der Waals surface area (Å²) in [7, 11) is 0. The minimum absolute atomic E-state index is 0.501. The SMILES string of the molecule is CC(C)(C)OC(=O)NC=NCCc1cccc2c(N)cccc12. The van der Waals surface area contributed by atoms with E-state index in [0.717, 1.165) is 22.9 Å². The number of carbonyl (C=O) groups excluding carboxylic acids is 1. The van der Waals surface area contributed by atoms with E-state index in [1.54, 1.807) is 0 Å². The molecule has 0 saturated heterocycles. The molecule has 0 aliphatic rings. The lowest BCUT2D eigenvalue weighted by atomic mass is 10.0. The van der Waals surface area contributed by atoms with Crippen LogP contribution in [0.25, 0.3) is 10.8 Å². The van der Waals surface area contributed by atoms with E-state index < -0.39 is 11.7 Å². The number of ether oxygens (including phenoxy) is 1. The third-order valence-electron chi connectivity index (χ3n) is 3.23. The summed E-state index contributed by atoms with van der Waals surface area (Å²) < 4.78 is 5.12. The molecule has 2 aromatic carbocycles. The highest BCUT2D eigenvalue weighted by atomic mass is 16.6. The van der Waals surface area contributed by atoms with Gasteiger partial charge >= 0.3 is 6.09 Å². The van der Waals surface area contributed by atoms with Gasteiger partial charge in [0.25, 0.3) is 0 Å². The predicted octanol–water partition coefficient (Wildman–Crippen LogP) is 3.52. The zero-order valence-electron chi connectivity index (χ0n) is 13.8. The predicted molar refractivity (Wildman–Crippen MR) is 94.8 cm³/mol. The number of fused-ring (bicyclic) bond motifs is 1. The Morgan fingerprint density at radius 2 is 1.91 bits per heavy atom. The summed E-state index contributed by atoms with van der Waals surface area (Å²) in [5.41, 5.74) is 7.44. The number of nitrogens with two attached hydrogens (primary N) is 1. The van der Waals surface area contributed by atoms with Gasteiger partial charge in [-0.1, -0.05) is 30.3 Å². The minimum atomic E-state index is -0.513. The lowest BCUT2D eigenvalue weighted by Crippen LogP contribution is -2.31. The van der Waals surface area contributed by atoms with Crippen LogP contribution in [0.1, 0.15) is 26.3 Å². The molecule has 3 N–H and O–H groups in total. The molecule has 2 aromatic rings. The van der Waals surface area contributed by atoms with Crippen molar-refractivity contribution in [2.45, 2.75) is 32.8 Å². The van der Waals surface area contributed by atoms with Crippen molar-refractivity contribution < 1.29 is 9.53 Å². The highest BCUT2D eigenvalue weighted by molar-refractivity contribution is 5.94. The molecule has 1 amide bonds. The van der Waals surface area contributed by atoms with Gasteiger partial charge in [-0.05, 0) is 44.2 Å². The van der Waals surface area contributed by atoms with E-state index in [4.69, 9.17) is 10.5 Å². The van der Waals surface area contributed by atoms with Crippen LogP contribution >= 0.6 is 0 Å². The molecule has 0 radical (unpaired) electrons. The van der Waals surface area contributed by atoms with Crippen molar-refractivity contribution in [3.8, 4) is 0 Å². The van der Waals surface area contributed by atoms with Gasteiger partial charge in [-0.3, -0.25) is 10.3 Å². The molecule has 0 aromatic heterocycles. The van der Waals surface area contributed by atoms with Crippen molar-refractivity contribution in [1.82, 2.24) is 5.32 Å². The first-order chi connectivity index (χ1) is 10.9. The first kappa shape index (κ1) is 16.8. The molecule has 0 fully saturated rings. The molecule has 0 aliphatic heterocycles. The Labute approximate surface area is 136 Å². The number of nitrogens with one attached hydrogen (secondary N) is 1. The zero-order chi connectivity index (χ0) is 16.9. The standard InChI is InChI=1S/C18H23N3O2/c1-18(2,3)23-17(22)21-12-20-11-10-13-6-4-8-15-14(13)7-5-9-16(15)19/h4-9,12H,10-11,19H2,1-3H3,(H,20,21,22).